The number of nitrogens with zero attached hydrogens (tertiary/aromatic N) is 2. The van der Waals surface area contributed by atoms with E-state index in [2.05, 4.69) is 5.32 Å². The second-order valence-electron chi connectivity index (χ2n) is 8.44. The predicted octanol–water partition coefficient (Wildman–Crippen LogP) is 5.82. The number of hydrogen-bond acceptors (Lipinski definition) is 4. The number of para-hydroxylation sites is 1. The second-order valence-corrected chi connectivity index (χ2v) is 9.63. The highest BCUT2D eigenvalue weighted by Crippen LogP contribution is 2.42. The summed E-state index contributed by atoms with van der Waals surface area (Å²) in [4.78, 5) is 28.3. The van der Waals surface area contributed by atoms with Crippen molar-refractivity contribution in [1.29, 1.82) is 5.26 Å². The Morgan fingerprint density at radius 2 is 1.74 bits per heavy atom. The summed E-state index contributed by atoms with van der Waals surface area (Å²) in [7, 11) is 0. The third-order valence-electron chi connectivity index (χ3n) is 5.98. The van der Waals surface area contributed by atoms with Crippen LogP contribution in [0.2, 0.25) is 0 Å². The summed E-state index contributed by atoms with van der Waals surface area (Å²) < 4.78 is 13.4. The molecule has 1 fully saturated rings. The van der Waals surface area contributed by atoms with Crippen molar-refractivity contribution >= 4 is 35.0 Å². The number of nitrogens with one attached hydrogen (secondary N) is 1. The summed E-state index contributed by atoms with van der Waals surface area (Å²) >= 11 is 1.19. The number of hydrogen-bond donors (Lipinski definition) is 1. The number of carbonyl (C=O) groups excluding carboxylic acids is 2. The fraction of sp³-hybridized carbons (Fsp3) is 0.179. The van der Waals surface area contributed by atoms with Crippen molar-refractivity contribution in [3.63, 3.8) is 0 Å². The van der Waals surface area contributed by atoms with Crippen molar-refractivity contribution in [3.05, 3.63) is 105 Å². The zero-order chi connectivity index (χ0) is 25.1. The lowest BCUT2D eigenvalue weighted by Gasteiger charge is -2.20. The smallest absolute Gasteiger partial charge is 0.269 e. The van der Waals surface area contributed by atoms with E-state index in [4.69, 9.17) is 0 Å². The van der Waals surface area contributed by atoms with Gasteiger partial charge in [0.15, 0.2) is 0 Å². The SMILES string of the molecule is Cc1ccc(N2C(=O)C(Cc3ccc(F)cc3)S/C2=C(/C#N)C(=O)Nc2ccccc2C)cc1C. The maximum absolute atomic E-state index is 13.6. The van der Waals surface area contributed by atoms with Crippen LogP contribution in [0.5, 0.6) is 0 Å². The summed E-state index contributed by atoms with van der Waals surface area (Å²) in [5.74, 6) is -1.15. The van der Waals surface area contributed by atoms with Gasteiger partial charge in [0.25, 0.3) is 5.91 Å². The molecule has 1 aliphatic rings. The third-order valence-corrected chi connectivity index (χ3v) is 7.24. The number of benzene rings is 3. The topological polar surface area (TPSA) is 73.2 Å². The zero-order valence-corrected chi connectivity index (χ0v) is 20.4. The fourth-order valence-electron chi connectivity index (χ4n) is 3.82. The van der Waals surface area contributed by atoms with Crippen molar-refractivity contribution in [1.82, 2.24) is 0 Å². The Hall–Kier alpha value is -3.89. The van der Waals surface area contributed by atoms with Gasteiger partial charge in [-0.2, -0.15) is 5.26 Å². The molecule has 0 aliphatic carbocycles. The molecule has 0 saturated carbocycles. The Balaban J connectivity index is 1.75. The average molecular weight is 486 g/mol. The molecule has 5 nitrogen and oxygen atoms in total. The highest BCUT2D eigenvalue weighted by atomic mass is 32.2. The molecule has 0 spiro atoms. The number of thioether (sulfide) groups is 1. The minimum atomic E-state index is -0.576. The Labute approximate surface area is 208 Å². The Morgan fingerprint density at radius 1 is 1.03 bits per heavy atom. The number of nitriles is 1. The average Bonchev–Trinajstić information content (AvgIpc) is 3.14. The molecular weight excluding hydrogens is 461 g/mol. The monoisotopic (exact) mass is 485 g/mol. The van der Waals surface area contributed by atoms with Crippen molar-refractivity contribution < 1.29 is 14.0 Å². The van der Waals surface area contributed by atoms with E-state index in [9.17, 15) is 19.2 Å². The molecule has 1 aliphatic heterocycles. The Bertz CT molecular complexity index is 1380. The highest BCUT2D eigenvalue weighted by molar-refractivity contribution is 8.05. The Morgan fingerprint density at radius 3 is 2.40 bits per heavy atom. The highest BCUT2D eigenvalue weighted by Gasteiger charge is 2.41. The number of aryl methyl sites for hydroxylation is 3. The van der Waals surface area contributed by atoms with Crippen molar-refractivity contribution in [2.75, 3.05) is 10.2 Å². The van der Waals surface area contributed by atoms with Crippen LogP contribution in [0.15, 0.2) is 77.3 Å². The van der Waals surface area contributed by atoms with Crippen LogP contribution in [0.4, 0.5) is 15.8 Å². The van der Waals surface area contributed by atoms with E-state index in [1.165, 1.54) is 28.8 Å². The number of rotatable bonds is 5. The predicted molar refractivity (Wildman–Crippen MR) is 137 cm³/mol. The van der Waals surface area contributed by atoms with Crippen molar-refractivity contribution in [2.24, 2.45) is 0 Å². The first-order chi connectivity index (χ1) is 16.8. The van der Waals surface area contributed by atoms with E-state index in [1.54, 1.807) is 24.3 Å². The number of carbonyl (C=O) groups is 2. The molecule has 0 bridgehead atoms. The lowest BCUT2D eigenvalue weighted by atomic mass is 10.1. The van der Waals surface area contributed by atoms with Crippen molar-refractivity contribution in [2.45, 2.75) is 32.4 Å². The molecule has 35 heavy (non-hydrogen) atoms. The van der Waals surface area contributed by atoms with Crippen LogP contribution in [0.25, 0.3) is 0 Å². The zero-order valence-electron chi connectivity index (χ0n) is 19.6. The first kappa shape index (κ1) is 24.2. The van der Waals surface area contributed by atoms with Crippen LogP contribution in [-0.4, -0.2) is 17.1 Å². The molecule has 4 rings (SSSR count). The Kier molecular flexibility index (Phi) is 7.04. The van der Waals surface area contributed by atoms with E-state index in [0.717, 1.165) is 22.3 Å². The van der Waals surface area contributed by atoms with Gasteiger partial charge in [-0.3, -0.25) is 14.5 Å². The van der Waals surface area contributed by atoms with Gasteiger partial charge >= 0.3 is 0 Å². The molecule has 2 amide bonds. The van der Waals surface area contributed by atoms with E-state index in [1.807, 2.05) is 57.2 Å². The van der Waals surface area contributed by atoms with E-state index >= 15 is 0 Å². The van der Waals surface area contributed by atoms with E-state index < -0.39 is 11.2 Å². The third kappa shape index (κ3) is 5.13. The van der Waals surface area contributed by atoms with Gasteiger partial charge < -0.3 is 5.32 Å². The first-order valence-electron chi connectivity index (χ1n) is 11.1. The van der Waals surface area contributed by atoms with Gasteiger partial charge in [0.05, 0.1) is 5.25 Å². The van der Waals surface area contributed by atoms with Gasteiger partial charge in [0.1, 0.15) is 22.5 Å². The molecular formula is C28H24FN3O2S. The number of halogens is 1. The lowest BCUT2D eigenvalue weighted by Crippen LogP contribution is -2.31. The van der Waals surface area contributed by atoms with Gasteiger partial charge in [0.2, 0.25) is 5.91 Å². The first-order valence-corrected chi connectivity index (χ1v) is 12.0. The minimum Gasteiger partial charge on any atom is -0.321 e. The molecule has 3 aromatic rings. The lowest BCUT2D eigenvalue weighted by molar-refractivity contribution is -0.117. The van der Waals surface area contributed by atoms with Crippen LogP contribution in [-0.2, 0) is 16.0 Å². The molecule has 1 atom stereocenters. The number of anilines is 2. The van der Waals surface area contributed by atoms with E-state index in [0.29, 0.717) is 22.8 Å². The largest absolute Gasteiger partial charge is 0.321 e. The molecule has 0 radical (unpaired) electrons. The maximum Gasteiger partial charge on any atom is 0.269 e. The summed E-state index contributed by atoms with van der Waals surface area (Å²) in [5.41, 5.74) is 4.77. The van der Waals surface area contributed by atoms with Crippen LogP contribution in [0, 0.1) is 37.9 Å². The molecule has 1 heterocycles. The second kappa shape index (κ2) is 10.2. The molecule has 3 aromatic carbocycles. The van der Waals surface area contributed by atoms with Gasteiger partial charge in [0, 0.05) is 11.4 Å². The molecule has 176 valence electrons. The van der Waals surface area contributed by atoms with Crippen LogP contribution < -0.4 is 10.2 Å². The number of amides is 2. The van der Waals surface area contributed by atoms with Crippen LogP contribution >= 0.6 is 11.8 Å². The van der Waals surface area contributed by atoms with Gasteiger partial charge in [-0.25, -0.2) is 4.39 Å². The minimum absolute atomic E-state index is 0.133. The maximum atomic E-state index is 13.6. The van der Waals surface area contributed by atoms with Gasteiger partial charge in [-0.15, -0.1) is 0 Å². The van der Waals surface area contributed by atoms with Crippen LogP contribution in [0.3, 0.4) is 0 Å². The standard InChI is InChI=1S/C28H24FN3O2S/c1-17-8-13-22(14-19(17)3)32-27(34)25(15-20-9-11-21(29)12-10-20)35-28(32)23(16-30)26(33)31-24-7-5-4-6-18(24)2/h4-14,25H,15H2,1-3H3,(H,31,33)/b28-23-. The quantitative estimate of drug-likeness (QED) is 0.365. The molecule has 1 N–H and O–H groups in total. The van der Waals surface area contributed by atoms with Gasteiger partial charge in [-0.1, -0.05) is 48.2 Å². The van der Waals surface area contributed by atoms with Gasteiger partial charge in [-0.05, 0) is 79.8 Å². The molecule has 1 unspecified atom stereocenters. The molecule has 1 saturated heterocycles. The molecule has 7 heteroatoms. The summed E-state index contributed by atoms with van der Waals surface area (Å²) in [5, 5.41) is 12.5. The van der Waals surface area contributed by atoms with E-state index in [-0.39, 0.29) is 17.3 Å². The van der Waals surface area contributed by atoms with Crippen LogP contribution in [0.1, 0.15) is 22.3 Å². The summed E-state index contributed by atoms with van der Waals surface area (Å²) in [6.07, 6.45) is 0.340. The summed E-state index contributed by atoms with van der Waals surface area (Å²) in [6, 6.07) is 20.9. The normalized spacial score (nSPS) is 16.7. The summed E-state index contributed by atoms with van der Waals surface area (Å²) in [6.45, 7) is 5.79. The molecule has 0 aromatic heterocycles. The fourth-order valence-corrected chi connectivity index (χ4v) is 5.13. The van der Waals surface area contributed by atoms with Crippen molar-refractivity contribution in [3.8, 4) is 6.07 Å².